The third-order valence-corrected chi connectivity index (χ3v) is 5.17. The number of carbonyl (C=O) groups is 2. The summed E-state index contributed by atoms with van der Waals surface area (Å²) in [4.78, 5) is 25.1. The molecular weight excluding hydrogens is 392 g/mol. The summed E-state index contributed by atoms with van der Waals surface area (Å²) in [5.41, 5.74) is 2.66. The first kappa shape index (κ1) is 18.9. The van der Waals surface area contributed by atoms with Crippen LogP contribution < -0.4 is 14.2 Å². The molecule has 0 radical (unpaired) electrons. The number of esters is 1. The van der Waals surface area contributed by atoms with Crippen molar-refractivity contribution in [2.24, 2.45) is 0 Å². The van der Waals surface area contributed by atoms with Crippen LogP contribution in [0.15, 0.2) is 90.2 Å². The molecule has 1 atom stereocenters. The molecule has 3 aromatic carbocycles. The SMILES string of the molecule is C[C@H]1Oc2ccccc2C=C1/C=C1/Oc2cc(OC(=O)c3ccccc3)ccc2C1=O. The minimum atomic E-state index is -0.474. The summed E-state index contributed by atoms with van der Waals surface area (Å²) in [6.45, 7) is 1.92. The Bertz CT molecular complexity index is 1250. The number of rotatable bonds is 3. The quantitative estimate of drug-likeness (QED) is 0.336. The zero-order chi connectivity index (χ0) is 21.4. The van der Waals surface area contributed by atoms with Crippen LogP contribution in [0.2, 0.25) is 0 Å². The smallest absolute Gasteiger partial charge is 0.343 e. The molecule has 0 saturated heterocycles. The Morgan fingerprint density at radius 3 is 2.58 bits per heavy atom. The van der Waals surface area contributed by atoms with Gasteiger partial charge in [0.15, 0.2) is 5.76 Å². The number of ketones is 1. The second-order valence-electron chi connectivity index (χ2n) is 7.30. The first-order valence-corrected chi connectivity index (χ1v) is 9.91. The molecule has 2 heterocycles. The van der Waals surface area contributed by atoms with Gasteiger partial charge in [-0.3, -0.25) is 4.79 Å². The fraction of sp³-hybridized carbons (Fsp3) is 0.0769. The number of benzene rings is 3. The number of ether oxygens (including phenoxy) is 3. The van der Waals surface area contributed by atoms with E-state index >= 15 is 0 Å². The molecule has 0 saturated carbocycles. The molecule has 0 aromatic heterocycles. The Balaban J connectivity index is 1.39. The summed E-state index contributed by atoms with van der Waals surface area (Å²) < 4.78 is 17.2. The summed E-state index contributed by atoms with van der Waals surface area (Å²) in [6, 6.07) is 21.2. The lowest BCUT2D eigenvalue weighted by Crippen LogP contribution is -2.18. The summed E-state index contributed by atoms with van der Waals surface area (Å²) >= 11 is 0. The molecule has 0 bridgehead atoms. The van der Waals surface area contributed by atoms with Crippen LogP contribution in [0.25, 0.3) is 6.08 Å². The average Bonchev–Trinajstić information content (AvgIpc) is 3.09. The Kier molecular flexibility index (Phi) is 4.64. The highest BCUT2D eigenvalue weighted by molar-refractivity contribution is 6.12. The molecule has 5 rings (SSSR count). The third-order valence-electron chi connectivity index (χ3n) is 5.17. The monoisotopic (exact) mass is 410 g/mol. The van der Waals surface area contributed by atoms with Gasteiger partial charge in [-0.15, -0.1) is 0 Å². The van der Waals surface area contributed by atoms with Crippen molar-refractivity contribution in [3.63, 3.8) is 0 Å². The van der Waals surface area contributed by atoms with Crippen LogP contribution in [0, 0.1) is 0 Å². The van der Waals surface area contributed by atoms with E-state index in [-0.39, 0.29) is 17.6 Å². The zero-order valence-corrected chi connectivity index (χ0v) is 16.7. The molecule has 2 aliphatic heterocycles. The van der Waals surface area contributed by atoms with Gasteiger partial charge in [-0.25, -0.2) is 4.79 Å². The largest absolute Gasteiger partial charge is 0.485 e. The van der Waals surface area contributed by atoms with Gasteiger partial charge in [0.25, 0.3) is 0 Å². The molecule has 3 aromatic rings. The van der Waals surface area contributed by atoms with Crippen LogP contribution in [0.4, 0.5) is 0 Å². The topological polar surface area (TPSA) is 61.8 Å². The molecule has 0 unspecified atom stereocenters. The van der Waals surface area contributed by atoms with E-state index in [0.29, 0.717) is 22.6 Å². The fourth-order valence-corrected chi connectivity index (χ4v) is 3.54. The molecule has 5 nitrogen and oxygen atoms in total. The second-order valence-corrected chi connectivity index (χ2v) is 7.30. The van der Waals surface area contributed by atoms with Crippen LogP contribution in [-0.4, -0.2) is 17.9 Å². The zero-order valence-electron chi connectivity index (χ0n) is 16.7. The van der Waals surface area contributed by atoms with Gasteiger partial charge in [0.2, 0.25) is 5.78 Å². The Morgan fingerprint density at radius 1 is 0.968 bits per heavy atom. The van der Waals surface area contributed by atoms with Gasteiger partial charge in [0, 0.05) is 11.6 Å². The van der Waals surface area contributed by atoms with E-state index < -0.39 is 5.97 Å². The van der Waals surface area contributed by atoms with E-state index in [2.05, 4.69) is 0 Å². The molecule has 0 amide bonds. The first-order chi connectivity index (χ1) is 15.1. The summed E-state index contributed by atoms with van der Waals surface area (Å²) in [5, 5.41) is 0. The van der Waals surface area contributed by atoms with Crippen molar-refractivity contribution in [2.75, 3.05) is 0 Å². The molecule has 0 aliphatic carbocycles. The lowest BCUT2D eigenvalue weighted by Gasteiger charge is -2.22. The van der Waals surface area contributed by atoms with Crippen molar-refractivity contribution < 1.29 is 23.8 Å². The Labute approximate surface area is 179 Å². The minimum Gasteiger partial charge on any atom is -0.485 e. The molecule has 31 heavy (non-hydrogen) atoms. The van der Waals surface area contributed by atoms with Gasteiger partial charge in [0.1, 0.15) is 23.4 Å². The van der Waals surface area contributed by atoms with Crippen LogP contribution in [-0.2, 0) is 0 Å². The lowest BCUT2D eigenvalue weighted by atomic mass is 10.0. The Hall–Kier alpha value is -4.12. The van der Waals surface area contributed by atoms with Crippen LogP contribution in [0.5, 0.6) is 17.2 Å². The summed E-state index contributed by atoms with van der Waals surface area (Å²) in [5.74, 6) is 0.997. The highest BCUT2D eigenvalue weighted by Crippen LogP contribution is 2.36. The van der Waals surface area contributed by atoms with Gasteiger partial charge in [-0.1, -0.05) is 36.4 Å². The molecule has 5 heteroatoms. The predicted octanol–water partition coefficient (Wildman–Crippen LogP) is 5.23. The van der Waals surface area contributed by atoms with Crippen LogP contribution in [0.1, 0.15) is 33.2 Å². The highest BCUT2D eigenvalue weighted by Gasteiger charge is 2.29. The number of para-hydroxylation sites is 1. The van der Waals surface area contributed by atoms with E-state index in [1.807, 2.05) is 43.3 Å². The Morgan fingerprint density at radius 2 is 1.74 bits per heavy atom. The second kappa shape index (κ2) is 7.61. The number of allylic oxidation sites excluding steroid dienone is 1. The van der Waals surface area contributed by atoms with Crippen LogP contribution >= 0.6 is 0 Å². The number of Topliss-reactive ketones (excluding diaryl/α,β-unsaturated/α-hetero) is 1. The molecule has 152 valence electrons. The maximum absolute atomic E-state index is 12.8. The highest BCUT2D eigenvalue weighted by atomic mass is 16.5. The van der Waals surface area contributed by atoms with Crippen molar-refractivity contribution in [2.45, 2.75) is 13.0 Å². The van der Waals surface area contributed by atoms with E-state index in [4.69, 9.17) is 14.2 Å². The number of hydrogen-bond donors (Lipinski definition) is 0. The molecular formula is C26H18O5. The van der Waals surface area contributed by atoms with Crippen molar-refractivity contribution in [3.05, 3.63) is 107 Å². The molecule has 0 spiro atoms. The van der Waals surface area contributed by atoms with Crippen LogP contribution in [0.3, 0.4) is 0 Å². The van der Waals surface area contributed by atoms with E-state index in [1.54, 1.807) is 48.5 Å². The van der Waals surface area contributed by atoms with Crippen molar-refractivity contribution in [3.8, 4) is 17.2 Å². The van der Waals surface area contributed by atoms with Gasteiger partial charge in [-0.05, 0) is 55.0 Å². The van der Waals surface area contributed by atoms with E-state index in [1.165, 1.54) is 0 Å². The maximum Gasteiger partial charge on any atom is 0.343 e. The van der Waals surface area contributed by atoms with Gasteiger partial charge >= 0.3 is 5.97 Å². The lowest BCUT2D eigenvalue weighted by molar-refractivity contribution is 0.0734. The number of hydrogen-bond acceptors (Lipinski definition) is 5. The number of carbonyl (C=O) groups excluding carboxylic acids is 2. The minimum absolute atomic E-state index is 0.211. The maximum atomic E-state index is 12.8. The molecule has 0 fully saturated rings. The molecule has 2 aliphatic rings. The predicted molar refractivity (Wildman–Crippen MR) is 115 cm³/mol. The van der Waals surface area contributed by atoms with Gasteiger partial charge in [0.05, 0.1) is 11.1 Å². The van der Waals surface area contributed by atoms with Crippen molar-refractivity contribution in [1.82, 2.24) is 0 Å². The van der Waals surface area contributed by atoms with Gasteiger partial charge in [-0.2, -0.15) is 0 Å². The summed E-state index contributed by atoms with van der Waals surface area (Å²) in [6.07, 6.45) is 3.48. The number of fused-ring (bicyclic) bond motifs is 2. The van der Waals surface area contributed by atoms with E-state index in [9.17, 15) is 9.59 Å². The molecule has 0 N–H and O–H groups in total. The summed E-state index contributed by atoms with van der Waals surface area (Å²) in [7, 11) is 0. The normalized spacial score (nSPS) is 17.8. The fourth-order valence-electron chi connectivity index (χ4n) is 3.54. The van der Waals surface area contributed by atoms with Crippen molar-refractivity contribution in [1.29, 1.82) is 0 Å². The van der Waals surface area contributed by atoms with Crippen molar-refractivity contribution >= 4 is 17.8 Å². The van der Waals surface area contributed by atoms with E-state index in [0.717, 1.165) is 16.9 Å². The average molecular weight is 410 g/mol. The van der Waals surface area contributed by atoms with Gasteiger partial charge < -0.3 is 14.2 Å². The first-order valence-electron chi connectivity index (χ1n) is 9.91. The standard InChI is InChI=1S/C26H18O5/c1-16-19(13-18-9-5-6-10-22(18)29-16)14-24-25(27)21-12-11-20(15-23(21)31-24)30-26(28)17-7-3-2-4-8-17/h2-16H,1H3/b24-14+/t16-/m1/s1. The third kappa shape index (κ3) is 3.62.